The van der Waals surface area contributed by atoms with Crippen molar-refractivity contribution in [2.75, 3.05) is 4.72 Å². The zero-order valence-electron chi connectivity index (χ0n) is 13.8. The Balaban J connectivity index is 1.65. The fourth-order valence-electron chi connectivity index (χ4n) is 2.28. The number of aryl methyl sites for hydroxylation is 1. The molecule has 0 amide bonds. The standard InChI is InChI=1S/C20H19NO2S2/c1-16-7-13-20(14-8-16)25(22,23)21-18-11-9-17(10-12-18)15-24-19-5-3-2-4-6-19/h2-14,21H,15H2,1H3. The lowest BCUT2D eigenvalue weighted by atomic mass is 10.2. The predicted octanol–water partition coefficient (Wildman–Crippen LogP) is 5.09. The fraction of sp³-hybridized carbons (Fsp3) is 0.100. The van der Waals surface area contributed by atoms with Crippen LogP contribution in [0.3, 0.4) is 0 Å². The van der Waals surface area contributed by atoms with Gasteiger partial charge in [-0.15, -0.1) is 11.8 Å². The second kappa shape index (κ2) is 7.76. The number of hydrogen-bond acceptors (Lipinski definition) is 3. The second-order valence-electron chi connectivity index (χ2n) is 5.72. The van der Waals surface area contributed by atoms with Crippen LogP contribution in [0.4, 0.5) is 5.69 Å². The van der Waals surface area contributed by atoms with Gasteiger partial charge >= 0.3 is 0 Å². The lowest BCUT2D eigenvalue weighted by Gasteiger charge is -2.09. The molecule has 5 heteroatoms. The van der Waals surface area contributed by atoms with Crippen molar-refractivity contribution >= 4 is 27.5 Å². The minimum absolute atomic E-state index is 0.266. The van der Waals surface area contributed by atoms with Gasteiger partial charge in [0.15, 0.2) is 0 Å². The molecule has 0 unspecified atom stereocenters. The number of anilines is 1. The van der Waals surface area contributed by atoms with Crippen LogP contribution in [0.15, 0.2) is 88.7 Å². The highest BCUT2D eigenvalue weighted by atomic mass is 32.2. The van der Waals surface area contributed by atoms with E-state index in [0.29, 0.717) is 5.69 Å². The van der Waals surface area contributed by atoms with E-state index in [2.05, 4.69) is 16.9 Å². The Bertz CT molecular complexity index is 920. The molecule has 0 heterocycles. The third-order valence-corrected chi connectivity index (χ3v) is 6.17. The highest BCUT2D eigenvalue weighted by molar-refractivity contribution is 7.98. The Kier molecular flexibility index (Phi) is 5.46. The van der Waals surface area contributed by atoms with Crippen molar-refractivity contribution in [3.05, 3.63) is 90.0 Å². The highest BCUT2D eigenvalue weighted by Gasteiger charge is 2.13. The van der Waals surface area contributed by atoms with E-state index in [4.69, 9.17) is 0 Å². The Labute approximate surface area is 153 Å². The summed E-state index contributed by atoms with van der Waals surface area (Å²) in [6.07, 6.45) is 0. The molecule has 0 spiro atoms. The monoisotopic (exact) mass is 369 g/mol. The fourth-order valence-corrected chi connectivity index (χ4v) is 4.22. The molecule has 0 bridgehead atoms. The minimum Gasteiger partial charge on any atom is -0.280 e. The van der Waals surface area contributed by atoms with E-state index >= 15 is 0 Å². The molecule has 0 saturated carbocycles. The molecule has 3 nitrogen and oxygen atoms in total. The van der Waals surface area contributed by atoms with Crippen molar-refractivity contribution in [1.29, 1.82) is 0 Å². The summed E-state index contributed by atoms with van der Waals surface area (Å²) in [6, 6.07) is 24.5. The van der Waals surface area contributed by atoms with Crippen LogP contribution < -0.4 is 4.72 Å². The van der Waals surface area contributed by atoms with Gasteiger partial charge in [0, 0.05) is 16.3 Å². The van der Waals surface area contributed by atoms with E-state index in [9.17, 15) is 8.42 Å². The lowest BCUT2D eigenvalue weighted by Crippen LogP contribution is -2.12. The Morgan fingerprint density at radius 2 is 1.48 bits per heavy atom. The van der Waals surface area contributed by atoms with E-state index in [1.54, 1.807) is 48.2 Å². The third-order valence-electron chi connectivity index (χ3n) is 3.69. The van der Waals surface area contributed by atoms with Crippen molar-refractivity contribution in [3.8, 4) is 0 Å². The second-order valence-corrected chi connectivity index (χ2v) is 8.45. The number of nitrogens with one attached hydrogen (secondary N) is 1. The normalized spacial score (nSPS) is 11.2. The zero-order valence-corrected chi connectivity index (χ0v) is 15.5. The van der Waals surface area contributed by atoms with Gasteiger partial charge in [-0.3, -0.25) is 4.72 Å². The first-order chi connectivity index (χ1) is 12.0. The van der Waals surface area contributed by atoms with E-state index in [1.807, 2.05) is 37.3 Å². The van der Waals surface area contributed by atoms with Crippen LogP contribution in [0.1, 0.15) is 11.1 Å². The molecule has 0 aliphatic rings. The summed E-state index contributed by atoms with van der Waals surface area (Å²) in [7, 11) is -3.55. The van der Waals surface area contributed by atoms with E-state index < -0.39 is 10.0 Å². The van der Waals surface area contributed by atoms with Gasteiger partial charge in [0.05, 0.1) is 4.90 Å². The smallest absolute Gasteiger partial charge is 0.261 e. The third kappa shape index (κ3) is 4.87. The maximum Gasteiger partial charge on any atom is 0.261 e. The van der Waals surface area contributed by atoms with Crippen molar-refractivity contribution in [2.24, 2.45) is 0 Å². The molecular weight excluding hydrogens is 350 g/mol. The van der Waals surface area contributed by atoms with Crippen molar-refractivity contribution in [2.45, 2.75) is 22.5 Å². The topological polar surface area (TPSA) is 46.2 Å². The quantitative estimate of drug-likeness (QED) is 0.616. The van der Waals surface area contributed by atoms with Crippen LogP contribution in [-0.2, 0) is 15.8 Å². The van der Waals surface area contributed by atoms with Gasteiger partial charge in [-0.2, -0.15) is 0 Å². The summed E-state index contributed by atoms with van der Waals surface area (Å²) in [5.41, 5.74) is 2.74. The SMILES string of the molecule is Cc1ccc(S(=O)(=O)Nc2ccc(CSc3ccccc3)cc2)cc1. The van der Waals surface area contributed by atoms with Gasteiger partial charge in [-0.1, -0.05) is 48.0 Å². The van der Waals surface area contributed by atoms with Gasteiger partial charge in [0.1, 0.15) is 0 Å². The zero-order chi connectivity index (χ0) is 17.7. The Morgan fingerprint density at radius 3 is 2.12 bits per heavy atom. The summed E-state index contributed by atoms with van der Waals surface area (Å²) >= 11 is 1.75. The van der Waals surface area contributed by atoms with E-state index in [-0.39, 0.29) is 4.90 Å². The molecule has 0 radical (unpaired) electrons. The van der Waals surface area contributed by atoms with Gasteiger partial charge in [0.25, 0.3) is 10.0 Å². The molecule has 0 fully saturated rings. The number of thioether (sulfide) groups is 1. The van der Waals surface area contributed by atoms with Crippen molar-refractivity contribution < 1.29 is 8.42 Å². The van der Waals surface area contributed by atoms with E-state index in [1.165, 1.54) is 4.90 Å². The molecule has 0 aliphatic carbocycles. The number of hydrogen-bond donors (Lipinski definition) is 1. The molecule has 3 aromatic rings. The van der Waals surface area contributed by atoms with Gasteiger partial charge < -0.3 is 0 Å². The van der Waals surface area contributed by atoms with Gasteiger partial charge in [-0.25, -0.2) is 8.42 Å². The number of sulfonamides is 1. The average Bonchev–Trinajstić information content (AvgIpc) is 2.62. The van der Waals surface area contributed by atoms with Crippen LogP contribution in [0.5, 0.6) is 0 Å². The first kappa shape index (κ1) is 17.6. The molecular formula is C20H19NO2S2. The predicted molar refractivity (Wildman–Crippen MR) is 104 cm³/mol. The van der Waals surface area contributed by atoms with Gasteiger partial charge in [-0.05, 0) is 48.9 Å². The summed E-state index contributed by atoms with van der Waals surface area (Å²) in [4.78, 5) is 1.48. The largest absolute Gasteiger partial charge is 0.280 e. The summed E-state index contributed by atoms with van der Waals surface area (Å²) in [5.74, 6) is 0.842. The summed E-state index contributed by atoms with van der Waals surface area (Å²) in [6.45, 7) is 1.93. The molecule has 0 saturated heterocycles. The maximum absolute atomic E-state index is 12.4. The van der Waals surface area contributed by atoms with Crippen LogP contribution in [0.2, 0.25) is 0 Å². The molecule has 0 atom stereocenters. The molecule has 25 heavy (non-hydrogen) atoms. The molecule has 128 valence electrons. The summed E-state index contributed by atoms with van der Waals surface area (Å²) < 4.78 is 27.4. The van der Waals surface area contributed by atoms with Crippen molar-refractivity contribution in [3.63, 3.8) is 0 Å². The van der Waals surface area contributed by atoms with Gasteiger partial charge in [0.2, 0.25) is 0 Å². The van der Waals surface area contributed by atoms with Crippen LogP contribution in [-0.4, -0.2) is 8.42 Å². The minimum atomic E-state index is -3.55. The van der Waals surface area contributed by atoms with Crippen LogP contribution in [0, 0.1) is 6.92 Å². The Morgan fingerprint density at radius 1 is 0.840 bits per heavy atom. The molecule has 1 N–H and O–H groups in total. The lowest BCUT2D eigenvalue weighted by molar-refractivity contribution is 0.601. The van der Waals surface area contributed by atoms with Crippen molar-refractivity contribution in [1.82, 2.24) is 0 Å². The molecule has 0 aliphatic heterocycles. The molecule has 0 aromatic heterocycles. The first-order valence-corrected chi connectivity index (χ1v) is 10.4. The van der Waals surface area contributed by atoms with E-state index in [0.717, 1.165) is 16.9 Å². The maximum atomic E-state index is 12.4. The molecule has 3 rings (SSSR count). The highest BCUT2D eigenvalue weighted by Crippen LogP contribution is 2.24. The number of benzene rings is 3. The molecule has 3 aromatic carbocycles. The van der Waals surface area contributed by atoms with Crippen LogP contribution in [0.25, 0.3) is 0 Å². The Hall–Kier alpha value is -2.24. The summed E-state index contributed by atoms with van der Waals surface area (Å²) in [5, 5.41) is 0. The average molecular weight is 370 g/mol. The first-order valence-electron chi connectivity index (χ1n) is 7.89. The van der Waals surface area contributed by atoms with Crippen LogP contribution >= 0.6 is 11.8 Å². The number of rotatable bonds is 6.